The summed E-state index contributed by atoms with van der Waals surface area (Å²) >= 11 is 0. The Kier molecular flexibility index (Phi) is 5.58. The maximum absolute atomic E-state index is 12.8. The number of anilines is 2. The molecule has 0 atom stereocenters. The molecule has 0 radical (unpaired) electrons. The molecular weight excluding hydrogens is 369 g/mol. The molecule has 2 aromatic carbocycles. The smallest absolute Gasteiger partial charge is 0.347 e. The Morgan fingerprint density at radius 2 is 1.79 bits per heavy atom. The van der Waals surface area contributed by atoms with Crippen LogP contribution in [0.5, 0.6) is 0 Å². The number of amides is 1. The number of nitrogens with zero attached hydrogens (tertiary/aromatic N) is 2. The average Bonchev–Trinajstić information content (AvgIpc) is 2.66. The second kappa shape index (κ2) is 8.08. The van der Waals surface area contributed by atoms with Crippen molar-refractivity contribution >= 4 is 17.4 Å². The summed E-state index contributed by atoms with van der Waals surface area (Å²) in [6, 6.07) is 15.4. The molecule has 144 valence electrons. The van der Waals surface area contributed by atoms with Crippen molar-refractivity contribution in [2.24, 2.45) is 0 Å². The Balaban J connectivity index is 1.62. The number of hydrogen-bond acceptors (Lipinski definition) is 4. The van der Waals surface area contributed by atoms with Crippen molar-refractivity contribution in [3.63, 3.8) is 0 Å². The molecule has 0 aliphatic rings. The molecule has 1 aromatic heterocycles. The van der Waals surface area contributed by atoms with Crippen molar-refractivity contribution < 1.29 is 18.0 Å². The Hall–Kier alpha value is -3.42. The SMILES string of the molecule is Cc1cccc(CNC(=O)c2ccc(Nc3cccc(C(F)(F)F)c3)nn2)c1. The monoisotopic (exact) mass is 386 g/mol. The average molecular weight is 386 g/mol. The summed E-state index contributed by atoms with van der Waals surface area (Å²) in [6.07, 6.45) is -4.43. The Morgan fingerprint density at radius 3 is 2.46 bits per heavy atom. The maximum atomic E-state index is 12.8. The fourth-order valence-electron chi connectivity index (χ4n) is 2.54. The van der Waals surface area contributed by atoms with Gasteiger partial charge in [0.2, 0.25) is 0 Å². The molecule has 1 heterocycles. The molecule has 1 amide bonds. The van der Waals surface area contributed by atoms with Crippen molar-refractivity contribution in [3.05, 3.63) is 83.0 Å². The fraction of sp³-hybridized carbons (Fsp3) is 0.150. The number of rotatable bonds is 5. The number of carbonyl (C=O) groups excluding carboxylic acids is 1. The van der Waals surface area contributed by atoms with E-state index in [1.807, 2.05) is 31.2 Å². The lowest BCUT2D eigenvalue weighted by molar-refractivity contribution is -0.137. The molecule has 0 saturated carbocycles. The first-order valence-electron chi connectivity index (χ1n) is 8.43. The fourth-order valence-corrected chi connectivity index (χ4v) is 2.54. The highest BCUT2D eigenvalue weighted by Gasteiger charge is 2.30. The third-order valence-corrected chi connectivity index (χ3v) is 3.90. The summed E-state index contributed by atoms with van der Waals surface area (Å²) in [5.74, 6) is -0.158. The quantitative estimate of drug-likeness (QED) is 0.679. The minimum absolute atomic E-state index is 0.113. The summed E-state index contributed by atoms with van der Waals surface area (Å²) in [5.41, 5.74) is 1.63. The predicted molar refractivity (Wildman–Crippen MR) is 99.1 cm³/mol. The molecule has 0 aliphatic heterocycles. The van der Waals surface area contributed by atoms with E-state index in [1.165, 1.54) is 24.3 Å². The van der Waals surface area contributed by atoms with Crippen LogP contribution in [0.4, 0.5) is 24.7 Å². The predicted octanol–water partition coefficient (Wildman–Crippen LogP) is 4.48. The second-order valence-electron chi connectivity index (χ2n) is 6.18. The highest BCUT2D eigenvalue weighted by molar-refractivity contribution is 5.92. The molecule has 8 heteroatoms. The van der Waals surface area contributed by atoms with Gasteiger partial charge in [0.05, 0.1) is 5.56 Å². The van der Waals surface area contributed by atoms with Crippen LogP contribution >= 0.6 is 0 Å². The largest absolute Gasteiger partial charge is 0.416 e. The highest BCUT2D eigenvalue weighted by Crippen LogP contribution is 2.31. The number of aryl methyl sites for hydroxylation is 1. The van der Waals surface area contributed by atoms with Crippen LogP contribution in [0.25, 0.3) is 0 Å². The lowest BCUT2D eigenvalue weighted by Gasteiger charge is -2.10. The molecule has 0 saturated heterocycles. The number of halogens is 3. The van der Waals surface area contributed by atoms with Crippen LogP contribution in [-0.4, -0.2) is 16.1 Å². The Bertz CT molecular complexity index is 972. The number of benzene rings is 2. The van der Waals surface area contributed by atoms with Crippen molar-refractivity contribution in [3.8, 4) is 0 Å². The van der Waals surface area contributed by atoms with Gasteiger partial charge >= 0.3 is 6.18 Å². The molecule has 3 rings (SSSR count). The van der Waals surface area contributed by atoms with Gasteiger partial charge in [-0.3, -0.25) is 4.79 Å². The highest BCUT2D eigenvalue weighted by atomic mass is 19.4. The van der Waals surface area contributed by atoms with Gasteiger partial charge in [0.15, 0.2) is 11.5 Å². The van der Waals surface area contributed by atoms with Gasteiger partial charge in [-0.1, -0.05) is 35.9 Å². The van der Waals surface area contributed by atoms with Crippen LogP contribution in [0.2, 0.25) is 0 Å². The van der Waals surface area contributed by atoms with Crippen molar-refractivity contribution in [1.82, 2.24) is 15.5 Å². The van der Waals surface area contributed by atoms with E-state index in [9.17, 15) is 18.0 Å². The van der Waals surface area contributed by atoms with Crippen molar-refractivity contribution in [2.45, 2.75) is 19.6 Å². The molecule has 0 fully saturated rings. The van der Waals surface area contributed by atoms with Gasteiger partial charge in [0, 0.05) is 12.2 Å². The number of aromatic nitrogens is 2. The number of hydrogen-bond donors (Lipinski definition) is 2. The van der Waals surface area contributed by atoms with Crippen molar-refractivity contribution in [1.29, 1.82) is 0 Å². The maximum Gasteiger partial charge on any atom is 0.416 e. The molecule has 3 aromatic rings. The molecular formula is C20H17F3N4O. The van der Waals surface area contributed by atoms with E-state index in [1.54, 1.807) is 0 Å². The molecule has 0 aliphatic carbocycles. The van der Waals surface area contributed by atoms with Gasteiger partial charge in [0.1, 0.15) is 0 Å². The van der Waals surface area contributed by atoms with Gasteiger partial charge in [-0.25, -0.2) is 0 Å². The summed E-state index contributed by atoms with van der Waals surface area (Å²) in [7, 11) is 0. The lowest BCUT2D eigenvalue weighted by atomic mass is 10.1. The molecule has 28 heavy (non-hydrogen) atoms. The summed E-state index contributed by atoms with van der Waals surface area (Å²) in [4.78, 5) is 12.2. The van der Waals surface area contributed by atoms with Crippen LogP contribution in [0.15, 0.2) is 60.7 Å². The first-order chi connectivity index (χ1) is 13.3. The first-order valence-corrected chi connectivity index (χ1v) is 8.43. The van der Waals surface area contributed by atoms with Gasteiger partial charge in [-0.15, -0.1) is 10.2 Å². The van der Waals surface area contributed by atoms with Gasteiger partial charge in [0.25, 0.3) is 5.91 Å². The van der Waals surface area contributed by atoms with E-state index in [-0.39, 0.29) is 23.1 Å². The number of carbonyl (C=O) groups is 1. The Labute approximate surface area is 159 Å². The lowest BCUT2D eigenvalue weighted by Crippen LogP contribution is -2.24. The normalized spacial score (nSPS) is 11.1. The van der Waals surface area contributed by atoms with Gasteiger partial charge < -0.3 is 10.6 Å². The van der Waals surface area contributed by atoms with Gasteiger partial charge in [-0.05, 0) is 42.8 Å². The Morgan fingerprint density at radius 1 is 1.00 bits per heavy atom. The molecule has 0 bridgehead atoms. The zero-order chi connectivity index (χ0) is 20.1. The van der Waals surface area contributed by atoms with Crippen molar-refractivity contribution in [2.75, 3.05) is 5.32 Å². The third-order valence-electron chi connectivity index (χ3n) is 3.90. The summed E-state index contributed by atoms with van der Waals surface area (Å²) < 4.78 is 38.3. The number of alkyl halides is 3. The third kappa shape index (κ3) is 5.06. The van der Waals surface area contributed by atoms with Crippen LogP contribution in [0.3, 0.4) is 0 Å². The van der Waals surface area contributed by atoms with Crippen LogP contribution in [0, 0.1) is 6.92 Å². The molecule has 5 nitrogen and oxygen atoms in total. The van der Waals surface area contributed by atoms with E-state index in [0.29, 0.717) is 6.54 Å². The van der Waals surface area contributed by atoms with Crippen LogP contribution < -0.4 is 10.6 Å². The topological polar surface area (TPSA) is 66.9 Å². The number of nitrogens with one attached hydrogen (secondary N) is 2. The first kappa shape index (κ1) is 19.3. The van der Waals surface area contributed by atoms with Crippen LogP contribution in [0.1, 0.15) is 27.2 Å². The summed E-state index contributed by atoms with van der Waals surface area (Å²) in [5, 5.41) is 13.2. The van der Waals surface area contributed by atoms with E-state index >= 15 is 0 Å². The van der Waals surface area contributed by atoms with E-state index in [2.05, 4.69) is 20.8 Å². The van der Waals surface area contributed by atoms with E-state index in [0.717, 1.165) is 23.3 Å². The minimum Gasteiger partial charge on any atom is -0.347 e. The molecule has 0 unspecified atom stereocenters. The zero-order valence-electron chi connectivity index (χ0n) is 14.9. The summed E-state index contributed by atoms with van der Waals surface area (Å²) in [6.45, 7) is 2.32. The minimum atomic E-state index is -4.43. The van der Waals surface area contributed by atoms with Gasteiger partial charge in [-0.2, -0.15) is 13.2 Å². The standard InChI is InChI=1S/C20H17F3N4O/c1-13-4-2-5-14(10-13)12-24-19(28)17-8-9-18(27-26-17)25-16-7-3-6-15(11-16)20(21,22)23/h2-11H,12H2,1H3,(H,24,28)(H,25,27). The van der Waals surface area contributed by atoms with Crippen LogP contribution in [-0.2, 0) is 12.7 Å². The molecule has 0 spiro atoms. The van der Waals surface area contributed by atoms with E-state index in [4.69, 9.17) is 0 Å². The van der Waals surface area contributed by atoms with E-state index < -0.39 is 11.7 Å². The second-order valence-corrected chi connectivity index (χ2v) is 6.18. The zero-order valence-corrected chi connectivity index (χ0v) is 14.9. The molecule has 2 N–H and O–H groups in total.